The maximum absolute atomic E-state index is 9.55. The number of hydrogen-bond donors (Lipinski definition) is 3. The fourth-order valence-corrected chi connectivity index (χ4v) is 3.65. The van der Waals surface area contributed by atoms with E-state index in [1.807, 2.05) is 32.2 Å². The fourth-order valence-electron chi connectivity index (χ4n) is 3.65. The summed E-state index contributed by atoms with van der Waals surface area (Å²) in [6, 6.07) is 7.10. The van der Waals surface area contributed by atoms with Crippen LogP contribution in [0.4, 0.5) is 5.82 Å². The fraction of sp³-hybridized carbons (Fsp3) is 0.400. The Labute approximate surface area is 164 Å². The Morgan fingerprint density at radius 1 is 1.18 bits per heavy atom. The van der Waals surface area contributed by atoms with Crippen LogP contribution < -0.4 is 11.1 Å². The number of anilines is 1. The minimum atomic E-state index is 0.199. The Kier molecular flexibility index (Phi) is 5.94. The van der Waals surface area contributed by atoms with Gasteiger partial charge in [0.05, 0.1) is 0 Å². The zero-order valence-corrected chi connectivity index (χ0v) is 16.1. The highest BCUT2D eigenvalue weighted by molar-refractivity contribution is 5.85. The van der Waals surface area contributed by atoms with Gasteiger partial charge in [-0.15, -0.1) is 0 Å². The van der Waals surface area contributed by atoms with Gasteiger partial charge in [-0.1, -0.05) is 13.8 Å². The minimum absolute atomic E-state index is 0.199. The van der Waals surface area contributed by atoms with E-state index >= 15 is 0 Å². The second-order valence-electron chi connectivity index (χ2n) is 6.58. The molecule has 1 fully saturated rings. The monoisotopic (exact) mass is 379 g/mol. The number of nitriles is 1. The first-order valence-electron chi connectivity index (χ1n) is 9.60. The molecule has 0 atom stereocenters. The Hall–Kier alpha value is -3.34. The molecule has 0 amide bonds. The molecule has 0 unspecified atom stereocenters. The third-order valence-electron chi connectivity index (χ3n) is 4.99. The summed E-state index contributed by atoms with van der Waals surface area (Å²) in [4.78, 5) is 8.97. The van der Waals surface area contributed by atoms with Crippen molar-refractivity contribution >= 4 is 11.3 Å². The van der Waals surface area contributed by atoms with Crippen molar-refractivity contribution in [2.75, 3.05) is 5.73 Å². The average Bonchev–Trinajstić information content (AvgIpc) is 3.12. The summed E-state index contributed by atoms with van der Waals surface area (Å²) in [5.41, 5.74) is 8.38. The molecule has 0 radical (unpaired) electrons. The predicted molar refractivity (Wildman–Crippen MR) is 107 cm³/mol. The number of nitrogens with zero attached hydrogens (tertiary/aromatic N) is 5. The lowest BCUT2D eigenvalue weighted by atomic mass is 9.85. The molecule has 2 aromatic heterocycles. The number of aromatic nitrogens is 4. The molecule has 1 saturated carbocycles. The van der Waals surface area contributed by atoms with Crippen molar-refractivity contribution in [2.45, 2.75) is 51.5 Å². The second kappa shape index (κ2) is 8.57. The number of fused-ring (bicyclic) bond motifs is 1. The van der Waals surface area contributed by atoms with Crippen molar-refractivity contribution in [2.24, 2.45) is 0 Å². The highest BCUT2D eigenvalue weighted by atomic mass is 16.3. The first-order chi connectivity index (χ1) is 13.7. The maximum atomic E-state index is 9.55. The molecule has 0 aliphatic heterocycles. The summed E-state index contributed by atoms with van der Waals surface area (Å²) in [6.07, 6.45) is 7.17. The number of nitrogen functional groups attached to an aromatic ring is 1. The van der Waals surface area contributed by atoms with Crippen LogP contribution in [0.25, 0.3) is 16.8 Å². The van der Waals surface area contributed by atoms with Crippen molar-refractivity contribution in [1.82, 2.24) is 24.9 Å². The molecule has 146 valence electrons. The van der Waals surface area contributed by atoms with Crippen LogP contribution in [0.1, 0.15) is 51.3 Å². The van der Waals surface area contributed by atoms with Gasteiger partial charge >= 0.3 is 0 Å². The number of benzene rings is 1. The Morgan fingerprint density at radius 2 is 1.86 bits per heavy atom. The van der Waals surface area contributed by atoms with E-state index in [9.17, 15) is 5.11 Å². The SMILES string of the molecule is CC.N#CNC1CCC(c2nc(-c3ccc(O)cc3)c3c(N)ncnn23)CC1. The van der Waals surface area contributed by atoms with Gasteiger partial charge in [0, 0.05) is 17.5 Å². The third-order valence-corrected chi connectivity index (χ3v) is 4.99. The lowest BCUT2D eigenvalue weighted by Crippen LogP contribution is -2.29. The molecule has 4 rings (SSSR count). The largest absolute Gasteiger partial charge is 0.508 e. The summed E-state index contributed by atoms with van der Waals surface area (Å²) in [5, 5.41) is 25.6. The molecule has 4 N–H and O–H groups in total. The van der Waals surface area contributed by atoms with Crippen molar-refractivity contribution in [1.29, 1.82) is 5.26 Å². The Balaban J connectivity index is 0.00000109. The molecule has 0 saturated heterocycles. The number of imidazole rings is 1. The van der Waals surface area contributed by atoms with Gasteiger partial charge in [0.1, 0.15) is 29.1 Å². The summed E-state index contributed by atoms with van der Waals surface area (Å²) in [7, 11) is 0. The zero-order chi connectivity index (χ0) is 20.1. The number of phenolic OH excluding ortho intramolecular Hbond substituents is 1. The summed E-state index contributed by atoms with van der Waals surface area (Å²) in [6.45, 7) is 4.00. The first-order valence-corrected chi connectivity index (χ1v) is 9.60. The van der Waals surface area contributed by atoms with Crippen molar-refractivity contribution in [3.8, 4) is 23.2 Å². The van der Waals surface area contributed by atoms with Crippen LogP contribution in [0.5, 0.6) is 5.75 Å². The molecule has 8 heteroatoms. The van der Waals surface area contributed by atoms with Crippen molar-refractivity contribution < 1.29 is 5.11 Å². The molecule has 1 aliphatic rings. The molecule has 0 spiro atoms. The van der Waals surface area contributed by atoms with E-state index in [-0.39, 0.29) is 17.7 Å². The summed E-state index contributed by atoms with van der Waals surface area (Å²) >= 11 is 0. The van der Waals surface area contributed by atoms with E-state index in [0.29, 0.717) is 11.3 Å². The van der Waals surface area contributed by atoms with Gasteiger partial charge in [0.2, 0.25) is 0 Å². The highest BCUT2D eigenvalue weighted by Crippen LogP contribution is 2.36. The van der Waals surface area contributed by atoms with Crippen molar-refractivity contribution in [3.05, 3.63) is 36.4 Å². The Morgan fingerprint density at radius 3 is 2.50 bits per heavy atom. The van der Waals surface area contributed by atoms with Gasteiger partial charge in [-0.3, -0.25) is 0 Å². The molecule has 1 aliphatic carbocycles. The van der Waals surface area contributed by atoms with E-state index in [1.165, 1.54) is 6.33 Å². The quantitative estimate of drug-likeness (QED) is 0.471. The van der Waals surface area contributed by atoms with Crippen LogP contribution in [0.2, 0.25) is 0 Å². The van der Waals surface area contributed by atoms with Crippen LogP contribution >= 0.6 is 0 Å². The number of hydrogen-bond acceptors (Lipinski definition) is 7. The number of phenols is 1. The smallest absolute Gasteiger partial charge is 0.176 e. The summed E-state index contributed by atoms with van der Waals surface area (Å²) < 4.78 is 1.78. The van der Waals surface area contributed by atoms with E-state index in [0.717, 1.165) is 42.8 Å². The van der Waals surface area contributed by atoms with Gasteiger partial charge in [0.25, 0.3) is 0 Å². The number of aromatic hydroxyl groups is 1. The predicted octanol–water partition coefficient (Wildman–Crippen LogP) is 3.20. The van der Waals surface area contributed by atoms with E-state index < -0.39 is 0 Å². The third kappa shape index (κ3) is 3.69. The maximum Gasteiger partial charge on any atom is 0.176 e. The highest BCUT2D eigenvalue weighted by Gasteiger charge is 2.28. The molecule has 1 aromatic carbocycles. The first kappa shape index (κ1) is 19.4. The zero-order valence-electron chi connectivity index (χ0n) is 16.1. The number of nitrogens with one attached hydrogen (secondary N) is 1. The molecule has 3 aromatic rings. The van der Waals surface area contributed by atoms with Gasteiger partial charge in [-0.25, -0.2) is 14.5 Å². The number of rotatable bonds is 3. The molecular formula is C20H25N7O. The number of nitrogens with two attached hydrogens (primary N) is 1. The lowest BCUT2D eigenvalue weighted by Gasteiger charge is -2.26. The van der Waals surface area contributed by atoms with E-state index in [2.05, 4.69) is 15.4 Å². The van der Waals surface area contributed by atoms with E-state index in [4.69, 9.17) is 16.0 Å². The topological polar surface area (TPSA) is 125 Å². The second-order valence-corrected chi connectivity index (χ2v) is 6.58. The average molecular weight is 379 g/mol. The van der Waals surface area contributed by atoms with Gasteiger partial charge < -0.3 is 16.2 Å². The lowest BCUT2D eigenvalue weighted by molar-refractivity contribution is 0.358. The standard InChI is InChI=1S/C18H19N7O.C2H6/c19-9-21-13-5-1-12(2-6-13)18-24-15(11-3-7-14(26)8-4-11)16-17(20)22-10-23-25(16)18;1-2/h3-4,7-8,10,12-13,21,26H,1-2,5-6H2,(H2,20,22,23);1-2H3. The van der Waals surface area contributed by atoms with Gasteiger partial charge in [-0.05, 0) is 49.9 Å². The minimum Gasteiger partial charge on any atom is -0.508 e. The van der Waals surface area contributed by atoms with Crippen LogP contribution in [0, 0.1) is 11.5 Å². The van der Waals surface area contributed by atoms with Gasteiger partial charge in [0.15, 0.2) is 12.0 Å². The molecule has 28 heavy (non-hydrogen) atoms. The summed E-state index contributed by atoms with van der Waals surface area (Å²) in [5.74, 6) is 1.69. The van der Waals surface area contributed by atoms with Crippen LogP contribution in [0.15, 0.2) is 30.6 Å². The molecule has 0 bridgehead atoms. The van der Waals surface area contributed by atoms with Crippen LogP contribution in [-0.4, -0.2) is 30.7 Å². The molecule has 8 nitrogen and oxygen atoms in total. The molecule has 2 heterocycles. The van der Waals surface area contributed by atoms with Crippen LogP contribution in [0.3, 0.4) is 0 Å². The Bertz CT molecular complexity index is 967. The normalized spacial score (nSPS) is 18.8. The van der Waals surface area contributed by atoms with Gasteiger partial charge in [-0.2, -0.15) is 10.4 Å². The molecular weight excluding hydrogens is 354 g/mol. The van der Waals surface area contributed by atoms with Crippen LogP contribution in [-0.2, 0) is 0 Å². The van der Waals surface area contributed by atoms with E-state index in [1.54, 1.807) is 16.6 Å². The van der Waals surface area contributed by atoms with Crippen molar-refractivity contribution in [3.63, 3.8) is 0 Å².